The van der Waals surface area contributed by atoms with Crippen molar-refractivity contribution in [1.82, 2.24) is 9.97 Å². The van der Waals surface area contributed by atoms with E-state index in [1.54, 1.807) is 6.92 Å². The molecular formula is C21H18F5N3O. The Kier molecular flexibility index (Phi) is 7.20. The summed E-state index contributed by atoms with van der Waals surface area (Å²) in [5.74, 6) is -3.25. The standard InChI is InChI=1S/C19H12F5N3O.C2H6/c1-10-5-6-11(19(22,23)24)7-12(10)15-8-26-16(9-25-15)27-18(28)17-13(20)3-2-4-14(17)21;1-2/h2-9H,1H3,(H,26,27,28);1-2H3. The number of alkyl halides is 3. The van der Waals surface area contributed by atoms with Crippen LogP contribution >= 0.6 is 0 Å². The van der Waals surface area contributed by atoms with Crippen LogP contribution in [0, 0.1) is 18.6 Å². The second-order valence-corrected chi connectivity index (χ2v) is 5.87. The fraction of sp³-hybridized carbons (Fsp3) is 0.190. The Bertz CT molecular complexity index is 1010. The number of halogens is 5. The number of benzene rings is 2. The maximum absolute atomic E-state index is 13.6. The van der Waals surface area contributed by atoms with Crippen molar-refractivity contribution in [3.05, 3.63) is 77.1 Å². The van der Waals surface area contributed by atoms with Gasteiger partial charge in [-0.25, -0.2) is 13.8 Å². The van der Waals surface area contributed by atoms with Gasteiger partial charge in [-0.15, -0.1) is 0 Å². The molecule has 9 heteroatoms. The molecule has 0 aliphatic carbocycles. The molecule has 0 saturated carbocycles. The van der Waals surface area contributed by atoms with E-state index in [9.17, 15) is 26.7 Å². The molecule has 0 unspecified atom stereocenters. The Morgan fingerprint density at radius 3 is 2.13 bits per heavy atom. The third-order valence-corrected chi connectivity index (χ3v) is 3.92. The van der Waals surface area contributed by atoms with Crippen LogP contribution < -0.4 is 5.32 Å². The predicted octanol–water partition coefficient (Wildman–Crippen LogP) is 6.03. The van der Waals surface area contributed by atoms with Gasteiger partial charge in [0.2, 0.25) is 0 Å². The van der Waals surface area contributed by atoms with E-state index in [2.05, 4.69) is 15.3 Å². The molecule has 3 rings (SSSR count). The van der Waals surface area contributed by atoms with E-state index in [1.165, 1.54) is 6.07 Å². The Hall–Kier alpha value is -3.36. The van der Waals surface area contributed by atoms with Gasteiger partial charge in [-0.1, -0.05) is 26.0 Å². The molecule has 0 aliphatic rings. The smallest absolute Gasteiger partial charge is 0.305 e. The molecule has 0 fully saturated rings. The molecule has 30 heavy (non-hydrogen) atoms. The maximum Gasteiger partial charge on any atom is 0.416 e. The molecule has 1 amide bonds. The summed E-state index contributed by atoms with van der Waals surface area (Å²) < 4.78 is 66.0. The lowest BCUT2D eigenvalue weighted by molar-refractivity contribution is -0.137. The SMILES string of the molecule is CC.Cc1ccc(C(F)(F)F)cc1-c1cnc(NC(=O)c2c(F)cccc2F)cn1. The van der Waals surface area contributed by atoms with Gasteiger partial charge in [0.05, 0.1) is 23.7 Å². The van der Waals surface area contributed by atoms with Crippen LogP contribution in [-0.4, -0.2) is 15.9 Å². The fourth-order valence-electron chi connectivity index (χ4n) is 2.50. The van der Waals surface area contributed by atoms with Crippen LogP contribution in [0.2, 0.25) is 0 Å². The zero-order valence-electron chi connectivity index (χ0n) is 16.3. The van der Waals surface area contributed by atoms with Gasteiger partial charge in [0, 0.05) is 5.56 Å². The van der Waals surface area contributed by atoms with E-state index in [0.717, 1.165) is 42.7 Å². The average Bonchev–Trinajstić information content (AvgIpc) is 2.69. The Labute approximate surface area is 169 Å². The van der Waals surface area contributed by atoms with Crippen molar-refractivity contribution in [3.8, 4) is 11.3 Å². The fourth-order valence-corrected chi connectivity index (χ4v) is 2.50. The minimum atomic E-state index is -4.51. The number of nitrogens with one attached hydrogen (secondary N) is 1. The third-order valence-electron chi connectivity index (χ3n) is 3.92. The molecule has 3 aromatic rings. The average molecular weight is 423 g/mol. The van der Waals surface area contributed by atoms with E-state index >= 15 is 0 Å². The lowest BCUT2D eigenvalue weighted by Gasteiger charge is -2.11. The Morgan fingerprint density at radius 2 is 1.60 bits per heavy atom. The summed E-state index contributed by atoms with van der Waals surface area (Å²) in [5.41, 5.74) is -0.684. The number of carbonyl (C=O) groups excluding carboxylic acids is 1. The molecule has 0 spiro atoms. The summed E-state index contributed by atoms with van der Waals surface area (Å²) in [5, 5.41) is 2.20. The molecule has 1 N–H and O–H groups in total. The minimum Gasteiger partial charge on any atom is -0.305 e. The van der Waals surface area contributed by atoms with Gasteiger partial charge in [0.15, 0.2) is 5.82 Å². The van der Waals surface area contributed by atoms with Gasteiger partial charge in [-0.3, -0.25) is 9.78 Å². The van der Waals surface area contributed by atoms with E-state index in [1.807, 2.05) is 13.8 Å². The van der Waals surface area contributed by atoms with Crippen LogP contribution in [0.1, 0.15) is 35.3 Å². The van der Waals surface area contributed by atoms with Crippen molar-refractivity contribution in [3.63, 3.8) is 0 Å². The van der Waals surface area contributed by atoms with Gasteiger partial charge in [0.25, 0.3) is 5.91 Å². The lowest BCUT2D eigenvalue weighted by atomic mass is 10.0. The number of aryl methyl sites for hydroxylation is 1. The number of anilines is 1. The van der Waals surface area contributed by atoms with E-state index < -0.39 is 34.8 Å². The number of nitrogens with zero attached hydrogens (tertiary/aromatic N) is 2. The van der Waals surface area contributed by atoms with Crippen molar-refractivity contribution in [1.29, 1.82) is 0 Å². The minimum absolute atomic E-state index is 0.110. The molecule has 0 radical (unpaired) electrons. The first-order chi connectivity index (χ1) is 14.2. The summed E-state index contributed by atoms with van der Waals surface area (Å²) in [6.07, 6.45) is -2.25. The largest absolute Gasteiger partial charge is 0.416 e. The van der Waals surface area contributed by atoms with Gasteiger partial charge >= 0.3 is 6.18 Å². The molecular weight excluding hydrogens is 405 g/mol. The Morgan fingerprint density at radius 1 is 0.967 bits per heavy atom. The van der Waals surface area contributed by atoms with Crippen LogP contribution in [0.15, 0.2) is 48.8 Å². The number of hydrogen-bond acceptors (Lipinski definition) is 3. The third kappa shape index (κ3) is 5.16. The molecule has 1 heterocycles. The van der Waals surface area contributed by atoms with Crippen molar-refractivity contribution < 1.29 is 26.7 Å². The first-order valence-corrected chi connectivity index (χ1v) is 8.92. The molecule has 0 bridgehead atoms. The topological polar surface area (TPSA) is 54.9 Å². The van der Waals surface area contributed by atoms with Crippen molar-refractivity contribution >= 4 is 11.7 Å². The summed E-state index contributed by atoms with van der Waals surface area (Å²) in [6.45, 7) is 5.62. The molecule has 0 saturated heterocycles. The second kappa shape index (κ2) is 9.43. The number of hydrogen-bond donors (Lipinski definition) is 1. The zero-order valence-corrected chi connectivity index (χ0v) is 16.3. The van der Waals surface area contributed by atoms with Gasteiger partial charge in [-0.2, -0.15) is 13.2 Å². The monoisotopic (exact) mass is 423 g/mol. The lowest BCUT2D eigenvalue weighted by Crippen LogP contribution is -2.16. The van der Waals surface area contributed by atoms with E-state index in [-0.39, 0.29) is 17.1 Å². The molecule has 2 aromatic carbocycles. The summed E-state index contributed by atoms with van der Waals surface area (Å²) >= 11 is 0. The van der Waals surface area contributed by atoms with Gasteiger partial charge in [0.1, 0.15) is 17.2 Å². The zero-order chi connectivity index (χ0) is 22.5. The maximum atomic E-state index is 13.6. The van der Waals surface area contributed by atoms with Gasteiger partial charge in [-0.05, 0) is 36.8 Å². The number of carbonyl (C=O) groups is 1. The van der Waals surface area contributed by atoms with Gasteiger partial charge < -0.3 is 5.32 Å². The highest BCUT2D eigenvalue weighted by molar-refractivity contribution is 6.04. The highest BCUT2D eigenvalue weighted by atomic mass is 19.4. The van der Waals surface area contributed by atoms with Crippen molar-refractivity contribution in [2.45, 2.75) is 26.9 Å². The van der Waals surface area contributed by atoms with Crippen LogP contribution in [0.5, 0.6) is 0 Å². The van der Waals surface area contributed by atoms with Crippen LogP contribution in [0.4, 0.5) is 27.8 Å². The van der Waals surface area contributed by atoms with Crippen LogP contribution in [0.25, 0.3) is 11.3 Å². The van der Waals surface area contributed by atoms with E-state index in [4.69, 9.17) is 0 Å². The molecule has 0 aliphatic heterocycles. The predicted molar refractivity (Wildman–Crippen MR) is 103 cm³/mol. The Balaban J connectivity index is 0.00000155. The first kappa shape index (κ1) is 22.9. The van der Waals surface area contributed by atoms with Crippen LogP contribution in [0.3, 0.4) is 0 Å². The molecule has 158 valence electrons. The van der Waals surface area contributed by atoms with Crippen molar-refractivity contribution in [2.24, 2.45) is 0 Å². The van der Waals surface area contributed by atoms with E-state index in [0.29, 0.717) is 5.56 Å². The number of amides is 1. The highest BCUT2D eigenvalue weighted by Crippen LogP contribution is 2.33. The normalized spacial score (nSPS) is 10.8. The first-order valence-electron chi connectivity index (χ1n) is 8.92. The van der Waals surface area contributed by atoms with Crippen molar-refractivity contribution in [2.75, 3.05) is 5.32 Å². The molecule has 0 atom stereocenters. The van der Waals surface area contributed by atoms with Crippen LogP contribution in [-0.2, 0) is 6.18 Å². The summed E-state index contributed by atoms with van der Waals surface area (Å²) in [6, 6.07) is 6.21. The number of rotatable bonds is 3. The molecule has 1 aromatic heterocycles. The highest BCUT2D eigenvalue weighted by Gasteiger charge is 2.31. The molecule has 4 nitrogen and oxygen atoms in total. The summed E-state index contributed by atoms with van der Waals surface area (Å²) in [7, 11) is 0. The summed E-state index contributed by atoms with van der Waals surface area (Å²) in [4.78, 5) is 19.9. The second-order valence-electron chi connectivity index (χ2n) is 5.87. The quantitative estimate of drug-likeness (QED) is 0.524. The number of aromatic nitrogens is 2.